The second-order valence-corrected chi connectivity index (χ2v) is 17.4. The van der Waals surface area contributed by atoms with E-state index in [-0.39, 0.29) is 32.5 Å². The van der Waals surface area contributed by atoms with Crippen molar-refractivity contribution >= 4 is 41.3 Å². The normalized spacial score (nSPS) is 18.3. The molecule has 1 saturated heterocycles. The molecule has 3 aromatic heterocycles. The molecule has 6 aromatic rings. The zero-order valence-corrected chi connectivity index (χ0v) is 37.7. The van der Waals surface area contributed by atoms with E-state index >= 15 is 0 Å². The minimum atomic E-state index is -4.59. The molecule has 5 heterocycles. The predicted molar refractivity (Wildman–Crippen MR) is 248 cm³/mol. The number of carbonyl (C=O) groups is 3. The number of aliphatic hydroxyl groups is 2. The number of para-hydroxylation sites is 1. The number of β-amino-alcohol motifs (C(OH)–C–C–N with tert-alkyl or cyclic N) is 1. The third kappa shape index (κ3) is 13.8. The van der Waals surface area contributed by atoms with Crippen molar-refractivity contribution in [2.24, 2.45) is 5.92 Å². The topological polar surface area (TPSA) is 154 Å². The number of aldehydes is 1. The number of aromatic nitrogens is 3. The van der Waals surface area contributed by atoms with Gasteiger partial charge in [-0.2, -0.15) is 13.2 Å². The summed E-state index contributed by atoms with van der Waals surface area (Å²) in [7, 11) is 0. The molecule has 18 heteroatoms. The van der Waals surface area contributed by atoms with Gasteiger partial charge in [0.05, 0.1) is 12.1 Å². The Morgan fingerprint density at radius 3 is 2.22 bits per heavy atom. The Hall–Kier alpha value is -6.01. The number of pyridine rings is 1. The number of hydrogen-bond donors (Lipinski definition) is 4. The maximum absolute atomic E-state index is 13.9. The Labute approximate surface area is 395 Å². The Bertz CT molecular complexity index is 2560. The summed E-state index contributed by atoms with van der Waals surface area (Å²) in [6.07, 6.45) is 5.04. The zero-order valence-electron chi connectivity index (χ0n) is 36.2. The number of halogens is 5. The summed E-state index contributed by atoms with van der Waals surface area (Å²) < 4.78 is 48.8. The molecule has 13 nitrogen and oxygen atoms in total. The second kappa shape index (κ2) is 22.7. The van der Waals surface area contributed by atoms with Gasteiger partial charge in [-0.1, -0.05) is 47.5 Å². The van der Waals surface area contributed by atoms with Crippen molar-refractivity contribution in [1.82, 2.24) is 34.6 Å². The molecule has 0 saturated carbocycles. The number of piperazine rings is 1. The van der Waals surface area contributed by atoms with Gasteiger partial charge >= 0.3 is 6.18 Å². The van der Waals surface area contributed by atoms with Crippen molar-refractivity contribution in [2.45, 2.75) is 49.9 Å². The standard InChI is InChI=1S/C38H42ClF3N6O5.C11H8ClNO/c39-28-7-9-29(10-8-28)47-13-11-26(20-47)19-46-14-15-48(32(22-46)37(52)44-24-38(40,41)42)21-30(49)17-27(16-25-4-3-12-43-18-25)36(51)45-35-31-5-1-2-6-34(31)53-23-33(35)50;12-10-1-3-11(4-2-10)13-6-5-9(7-13)8-14/h1-13,18,20,27,30,32-33,35,49-50H,14-17,19,21-24H2,(H,44,52)(H,45,51);1-8H/t27-,30+,32+,33-,35+;/m1./s1. The van der Waals surface area contributed by atoms with Crippen LogP contribution in [0.1, 0.15) is 39.5 Å². The smallest absolute Gasteiger partial charge is 0.405 e. The summed E-state index contributed by atoms with van der Waals surface area (Å²) in [5, 5.41) is 28.5. The molecule has 5 atom stereocenters. The highest BCUT2D eigenvalue weighted by Gasteiger charge is 2.38. The van der Waals surface area contributed by atoms with E-state index in [2.05, 4.69) is 10.3 Å². The highest BCUT2D eigenvalue weighted by Crippen LogP contribution is 2.33. The summed E-state index contributed by atoms with van der Waals surface area (Å²) in [4.78, 5) is 45.5. The summed E-state index contributed by atoms with van der Waals surface area (Å²) in [6.45, 7) is -0.165. The Morgan fingerprint density at radius 1 is 0.881 bits per heavy atom. The number of ether oxygens (including phenoxy) is 1. The molecule has 2 aliphatic rings. The minimum absolute atomic E-state index is 0.00416. The van der Waals surface area contributed by atoms with E-state index < -0.39 is 54.7 Å². The summed E-state index contributed by atoms with van der Waals surface area (Å²) in [5.74, 6) is -1.40. The molecule has 2 amide bonds. The molecule has 0 radical (unpaired) electrons. The first-order valence-electron chi connectivity index (χ1n) is 21.6. The molecule has 0 unspecified atom stereocenters. The van der Waals surface area contributed by atoms with Gasteiger partial charge in [0.15, 0.2) is 6.29 Å². The number of hydrogen-bond acceptors (Lipinski definition) is 9. The average molecular weight is 961 g/mol. The van der Waals surface area contributed by atoms with Crippen molar-refractivity contribution in [3.63, 3.8) is 0 Å². The quantitative estimate of drug-likeness (QED) is 0.0810. The van der Waals surface area contributed by atoms with Gasteiger partial charge in [-0.25, -0.2) is 0 Å². The molecule has 3 aromatic carbocycles. The maximum Gasteiger partial charge on any atom is 0.405 e. The molecule has 0 bridgehead atoms. The van der Waals surface area contributed by atoms with E-state index in [1.54, 1.807) is 72.0 Å². The highest BCUT2D eigenvalue weighted by molar-refractivity contribution is 6.30. The molecular formula is C49H50Cl2F3N7O6. The number of nitrogens with zero attached hydrogens (tertiary/aromatic N) is 5. The van der Waals surface area contributed by atoms with Gasteiger partial charge in [-0.05, 0) is 96.8 Å². The Morgan fingerprint density at radius 2 is 1.57 bits per heavy atom. The first kappa shape index (κ1) is 48.9. The van der Waals surface area contributed by atoms with Gasteiger partial charge < -0.3 is 34.7 Å². The van der Waals surface area contributed by atoms with Gasteiger partial charge in [0, 0.05) is 108 Å². The summed E-state index contributed by atoms with van der Waals surface area (Å²) in [5.41, 5.74) is 4.91. The van der Waals surface area contributed by atoms with Crippen LogP contribution in [0.25, 0.3) is 11.4 Å². The molecule has 0 spiro atoms. The van der Waals surface area contributed by atoms with E-state index in [1.165, 1.54) is 0 Å². The summed E-state index contributed by atoms with van der Waals surface area (Å²) >= 11 is 11.8. The molecule has 1 fully saturated rings. The van der Waals surface area contributed by atoms with Crippen LogP contribution in [0.15, 0.2) is 134 Å². The average Bonchev–Trinajstić information content (AvgIpc) is 4.01. The van der Waals surface area contributed by atoms with E-state index in [4.69, 9.17) is 27.9 Å². The van der Waals surface area contributed by atoms with Crippen LogP contribution in [0.3, 0.4) is 0 Å². The lowest BCUT2D eigenvalue weighted by atomic mass is 9.91. The van der Waals surface area contributed by atoms with Crippen LogP contribution in [-0.2, 0) is 22.6 Å². The van der Waals surface area contributed by atoms with Gasteiger partial charge in [-0.15, -0.1) is 0 Å². The number of alkyl halides is 3. The van der Waals surface area contributed by atoms with Gasteiger partial charge in [0.2, 0.25) is 11.8 Å². The van der Waals surface area contributed by atoms with Crippen LogP contribution in [0, 0.1) is 5.92 Å². The molecule has 67 heavy (non-hydrogen) atoms. The second-order valence-electron chi connectivity index (χ2n) is 16.5. The summed E-state index contributed by atoms with van der Waals surface area (Å²) in [6, 6.07) is 27.4. The monoisotopic (exact) mass is 959 g/mol. The first-order chi connectivity index (χ1) is 32.2. The zero-order chi connectivity index (χ0) is 47.5. The number of nitrogens with one attached hydrogen (secondary N) is 2. The molecule has 0 aliphatic carbocycles. The van der Waals surface area contributed by atoms with Crippen molar-refractivity contribution < 1.29 is 42.5 Å². The number of amides is 2. The molecule has 2 aliphatic heterocycles. The van der Waals surface area contributed by atoms with Crippen molar-refractivity contribution in [3.8, 4) is 17.1 Å². The van der Waals surface area contributed by atoms with Crippen LogP contribution in [-0.4, -0.2) is 116 Å². The van der Waals surface area contributed by atoms with Crippen molar-refractivity contribution in [1.29, 1.82) is 0 Å². The third-order valence-electron chi connectivity index (χ3n) is 11.5. The maximum atomic E-state index is 13.9. The van der Waals surface area contributed by atoms with Gasteiger partial charge in [-0.3, -0.25) is 29.2 Å². The minimum Gasteiger partial charge on any atom is -0.490 e. The third-order valence-corrected chi connectivity index (χ3v) is 12.0. The Kier molecular flexibility index (Phi) is 16.5. The number of carbonyl (C=O) groups excluding carboxylic acids is 3. The van der Waals surface area contributed by atoms with Crippen molar-refractivity contribution in [2.75, 3.05) is 39.3 Å². The van der Waals surface area contributed by atoms with E-state index in [0.717, 1.165) is 28.8 Å². The van der Waals surface area contributed by atoms with Gasteiger partial charge in [0.1, 0.15) is 31.0 Å². The number of aliphatic hydroxyl groups excluding tert-OH is 2. The Balaban J connectivity index is 0.000000404. The van der Waals surface area contributed by atoms with Crippen molar-refractivity contribution in [3.05, 3.63) is 167 Å². The lowest BCUT2D eigenvalue weighted by Crippen LogP contribution is -2.60. The van der Waals surface area contributed by atoms with E-state index in [0.29, 0.717) is 46.6 Å². The molecule has 8 rings (SSSR count). The van der Waals surface area contributed by atoms with Crippen LogP contribution in [0.5, 0.6) is 5.75 Å². The molecule has 352 valence electrons. The van der Waals surface area contributed by atoms with Gasteiger partial charge in [0.25, 0.3) is 0 Å². The fraction of sp³-hybridized carbons (Fsp3) is 0.306. The lowest BCUT2D eigenvalue weighted by Gasteiger charge is -2.41. The highest BCUT2D eigenvalue weighted by atomic mass is 35.5. The molecular weight excluding hydrogens is 910 g/mol. The van der Waals surface area contributed by atoms with Crippen LogP contribution in [0.4, 0.5) is 13.2 Å². The van der Waals surface area contributed by atoms with Crippen LogP contribution >= 0.6 is 23.2 Å². The predicted octanol–water partition coefficient (Wildman–Crippen LogP) is 6.85. The number of fused-ring (bicyclic) bond motifs is 1. The fourth-order valence-corrected chi connectivity index (χ4v) is 8.42. The largest absolute Gasteiger partial charge is 0.490 e. The van der Waals surface area contributed by atoms with Crippen LogP contribution in [0.2, 0.25) is 10.0 Å². The van der Waals surface area contributed by atoms with Crippen LogP contribution < -0.4 is 15.4 Å². The fourth-order valence-electron chi connectivity index (χ4n) is 8.17. The van der Waals surface area contributed by atoms with E-state index in [9.17, 15) is 37.8 Å². The SMILES string of the molecule is O=C(N[C@H]1c2ccccc2OC[C@H]1O)[C@H](Cc1cccnc1)C[C@H](O)CN1CCN(Cc2ccn(-c3ccc(Cl)cc3)c2)C[C@H]1C(=O)NCC(F)(F)F.O=Cc1ccn(-c2ccc(Cl)cc2)c1. The number of benzene rings is 3. The lowest BCUT2D eigenvalue weighted by molar-refractivity contribution is -0.143. The first-order valence-corrected chi connectivity index (χ1v) is 22.4. The van der Waals surface area contributed by atoms with E-state index in [1.807, 2.05) is 86.5 Å². The number of rotatable bonds is 15. The molecule has 4 N–H and O–H groups in total.